The normalized spacial score (nSPS) is 12.3. The van der Waals surface area contributed by atoms with E-state index in [1.165, 1.54) is 25.7 Å². The van der Waals surface area contributed by atoms with E-state index in [2.05, 4.69) is 96.5 Å². The van der Waals surface area contributed by atoms with Gasteiger partial charge in [0.05, 0.1) is 0 Å². The summed E-state index contributed by atoms with van der Waals surface area (Å²) in [6, 6.07) is 0. The molecule has 18 N–H and O–H groups in total. The second-order valence-corrected chi connectivity index (χ2v) is 17.9. The first kappa shape index (κ1) is 66.2. The van der Waals surface area contributed by atoms with Crippen molar-refractivity contribution in [1.29, 1.82) is 0 Å². The summed E-state index contributed by atoms with van der Waals surface area (Å²) in [4.78, 5) is 15.0. The smallest absolute Gasteiger partial charge is 0.0108 e. The number of hydrogen-bond acceptors (Lipinski definition) is 20. The summed E-state index contributed by atoms with van der Waals surface area (Å²) in [5.41, 5.74) is 23.3. The van der Waals surface area contributed by atoms with E-state index in [0.29, 0.717) is 26.2 Å². The van der Waals surface area contributed by atoms with Crippen molar-refractivity contribution in [1.82, 2.24) is 82.6 Å². The maximum atomic E-state index is 5.96. The van der Waals surface area contributed by atoms with Gasteiger partial charge in [-0.1, -0.05) is 26.2 Å². The van der Waals surface area contributed by atoms with Crippen LogP contribution in [0.5, 0.6) is 0 Å². The molecule has 67 heavy (non-hydrogen) atoms. The van der Waals surface area contributed by atoms with Crippen LogP contribution in [0.1, 0.15) is 32.6 Å². The first-order valence-corrected chi connectivity index (χ1v) is 27.0. The van der Waals surface area contributed by atoms with Crippen LogP contribution >= 0.6 is 0 Å². The van der Waals surface area contributed by atoms with Crippen molar-refractivity contribution in [2.45, 2.75) is 32.6 Å². The third-order valence-corrected chi connectivity index (χ3v) is 12.1. The van der Waals surface area contributed by atoms with Gasteiger partial charge in [0.25, 0.3) is 0 Å². The van der Waals surface area contributed by atoms with Gasteiger partial charge in [-0.2, -0.15) is 0 Å². The van der Waals surface area contributed by atoms with Crippen LogP contribution in [0.4, 0.5) is 0 Å². The first-order chi connectivity index (χ1) is 33.0. The predicted molar refractivity (Wildman–Crippen MR) is 291 cm³/mol. The van der Waals surface area contributed by atoms with E-state index in [1.807, 2.05) is 14.1 Å². The fourth-order valence-electron chi connectivity index (χ4n) is 7.75. The summed E-state index contributed by atoms with van der Waals surface area (Å²) in [6.07, 6.45) is 5.26. The van der Waals surface area contributed by atoms with Crippen LogP contribution in [-0.4, -0.2) is 306 Å². The topological polar surface area (TPSA) is 244 Å². The highest BCUT2D eigenvalue weighted by atomic mass is 15.2. The monoisotopic (exact) mass is 961 g/mol. The van der Waals surface area contributed by atoms with Crippen LogP contribution in [0.15, 0.2) is 0 Å². The Morgan fingerprint density at radius 3 is 0.881 bits per heavy atom. The number of rotatable bonds is 58. The molecular formula is C47H116N20. The molecule has 0 spiro atoms. The van der Waals surface area contributed by atoms with Gasteiger partial charge >= 0.3 is 0 Å². The Bertz CT molecular complexity index is 926. The van der Waals surface area contributed by atoms with Gasteiger partial charge < -0.3 is 81.0 Å². The van der Waals surface area contributed by atoms with Crippen LogP contribution in [-0.2, 0) is 0 Å². The maximum Gasteiger partial charge on any atom is 0.0108 e. The highest BCUT2D eigenvalue weighted by Crippen LogP contribution is 1.97. The Balaban J connectivity index is 5.11. The summed E-state index contributed by atoms with van der Waals surface area (Å²) in [5, 5.41) is 35.8. The average molecular weight is 962 g/mol. The molecule has 0 unspecified atom stereocenters. The molecule has 0 saturated heterocycles. The van der Waals surface area contributed by atoms with Crippen molar-refractivity contribution in [3.63, 3.8) is 0 Å². The molecule has 0 atom stereocenters. The standard InChI is InChI=1S/C47H116N20/c1-5-6-7-8-13-54-18-34-62(4)35-19-57-24-42-66(44-27-59-23-39-64(33-12-51)38-21-56-16-15-52-2)45-29-61-30-47-67(43-26-58-22-37-63(31-10-49)32-11-50)46-28-60-25-41-65(36-17-53-3)40-20-55-14-9-48/h52-61H,5-51H2,1-4H3. The molecule has 0 radical (unpaired) electrons. The van der Waals surface area contributed by atoms with Gasteiger partial charge in [-0.3, -0.25) is 24.5 Å². The Hall–Kier alpha value is -0.800. The number of nitrogens with one attached hydrogen (secondary N) is 10. The fourth-order valence-corrected chi connectivity index (χ4v) is 7.75. The summed E-state index contributed by atoms with van der Waals surface area (Å²) < 4.78 is 0. The van der Waals surface area contributed by atoms with Gasteiger partial charge in [-0.15, -0.1) is 0 Å². The molecule has 0 rings (SSSR count). The van der Waals surface area contributed by atoms with E-state index in [4.69, 9.17) is 22.9 Å². The van der Waals surface area contributed by atoms with Crippen LogP contribution in [0.2, 0.25) is 0 Å². The zero-order valence-corrected chi connectivity index (χ0v) is 44.4. The van der Waals surface area contributed by atoms with Crippen molar-refractivity contribution >= 4 is 0 Å². The minimum Gasteiger partial charge on any atom is -0.329 e. The minimum atomic E-state index is 0.665. The largest absolute Gasteiger partial charge is 0.329 e. The molecule has 0 aromatic rings. The Kier molecular flexibility index (Phi) is 53.9. The molecule has 0 aliphatic rings. The molecule has 0 amide bonds. The molecular weight excluding hydrogens is 845 g/mol. The third-order valence-electron chi connectivity index (χ3n) is 12.1. The zero-order valence-electron chi connectivity index (χ0n) is 44.4. The van der Waals surface area contributed by atoms with E-state index in [9.17, 15) is 0 Å². The lowest BCUT2D eigenvalue weighted by Crippen LogP contribution is -2.45. The number of unbranched alkanes of at least 4 members (excludes halogenated alkanes) is 3. The summed E-state index contributed by atoms with van der Waals surface area (Å²) >= 11 is 0. The summed E-state index contributed by atoms with van der Waals surface area (Å²) in [5.74, 6) is 0. The van der Waals surface area contributed by atoms with Gasteiger partial charge in [0.2, 0.25) is 0 Å². The molecule has 0 aliphatic carbocycles. The van der Waals surface area contributed by atoms with Crippen molar-refractivity contribution in [3.05, 3.63) is 0 Å². The molecule has 0 aromatic heterocycles. The Labute approximate surface area is 413 Å². The molecule has 0 aliphatic heterocycles. The molecule has 0 aromatic carbocycles. The van der Waals surface area contributed by atoms with Crippen molar-refractivity contribution in [2.75, 3.05) is 276 Å². The quantitative estimate of drug-likeness (QED) is 0.0256. The zero-order chi connectivity index (χ0) is 48.9. The summed E-state index contributed by atoms with van der Waals surface area (Å²) in [6.45, 7) is 39.9. The molecule has 20 nitrogen and oxygen atoms in total. The lowest BCUT2D eigenvalue weighted by molar-refractivity contribution is 0.245. The van der Waals surface area contributed by atoms with Gasteiger partial charge in [0, 0.05) is 249 Å². The van der Waals surface area contributed by atoms with Gasteiger partial charge in [0.1, 0.15) is 0 Å². The van der Waals surface area contributed by atoms with Crippen LogP contribution in [0.3, 0.4) is 0 Å². The second-order valence-electron chi connectivity index (χ2n) is 17.9. The van der Waals surface area contributed by atoms with E-state index < -0.39 is 0 Å². The van der Waals surface area contributed by atoms with Crippen molar-refractivity contribution < 1.29 is 0 Å². The second kappa shape index (κ2) is 54.5. The van der Waals surface area contributed by atoms with E-state index >= 15 is 0 Å². The van der Waals surface area contributed by atoms with E-state index in [0.717, 1.165) is 229 Å². The lowest BCUT2D eigenvalue weighted by Gasteiger charge is -2.26. The highest BCUT2D eigenvalue weighted by molar-refractivity contribution is 4.71. The number of likely N-dealkylation sites (N-methyl/N-ethyl adjacent to an activating group) is 3. The predicted octanol–water partition coefficient (Wildman–Crippen LogP) is -5.00. The van der Waals surface area contributed by atoms with Crippen LogP contribution < -0.4 is 76.1 Å². The SMILES string of the molecule is CCCCCCNCCN(C)CCNCCN(CCNCCN(CCN)CCNCCNC)CCNCCN(CCNCCN(CCN)CCN)CCNCCN(CCNC)CCNCCN. The van der Waals surface area contributed by atoms with Crippen molar-refractivity contribution in [2.24, 2.45) is 22.9 Å². The van der Waals surface area contributed by atoms with E-state index in [1.54, 1.807) is 0 Å². The molecule has 0 bridgehead atoms. The van der Waals surface area contributed by atoms with E-state index in [-0.39, 0.29) is 0 Å². The van der Waals surface area contributed by atoms with Gasteiger partial charge in [0.15, 0.2) is 0 Å². The lowest BCUT2D eigenvalue weighted by atomic mass is 10.2. The minimum absolute atomic E-state index is 0.665. The number of nitrogens with zero attached hydrogens (tertiary/aromatic N) is 6. The highest BCUT2D eigenvalue weighted by Gasteiger charge is 2.10. The third kappa shape index (κ3) is 47.3. The first-order valence-electron chi connectivity index (χ1n) is 27.0. The molecule has 20 heteroatoms. The van der Waals surface area contributed by atoms with Crippen LogP contribution in [0.25, 0.3) is 0 Å². The molecule has 404 valence electrons. The maximum absolute atomic E-state index is 5.96. The molecule has 0 heterocycles. The van der Waals surface area contributed by atoms with Gasteiger partial charge in [-0.05, 0) is 34.1 Å². The van der Waals surface area contributed by atoms with Crippen molar-refractivity contribution in [3.8, 4) is 0 Å². The summed E-state index contributed by atoms with van der Waals surface area (Å²) in [7, 11) is 6.26. The van der Waals surface area contributed by atoms with Crippen LogP contribution in [0, 0.1) is 0 Å². The molecule has 0 saturated carbocycles. The number of hydrogen-bond donors (Lipinski definition) is 14. The van der Waals surface area contributed by atoms with Gasteiger partial charge in [-0.25, -0.2) is 0 Å². The number of nitrogens with two attached hydrogens (primary N) is 4. The fraction of sp³-hybridized carbons (Fsp3) is 1.00. The molecule has 0 fully saturated rings. The average Bonchev–Trinajstić information content (AvgIpc) is 3.32. The Morgan fingerprint density at radius 2 is 0.552 bits per heavy atom. The Morgan fingerprint density at radius 1 is 0.269 bits per heavy atom.